The highest BCUT2D eigenvalue weighted by molar-refractivity contribution is 5.25. The molecule has 1 aromatic carbocycles. The first kappa shape index (κ1) is 18.2. The van der Waals surface area contributed by atoms with Crippen LogP contribution in [0.2, 0.25) is 0 Å². The smallest absolute Gasteiger partial charge is 0.396 e. The molecule has 23 heavy (non-hydrogen) atoms. The molecule has 1 heterocycles. The van der Waals surface area contributed by atoms with E-state index in [-0.39, 0.29) is 6.61 Å². The molecule has 1 fully saturated rings. The first-order valence-electron chi connectivity index (χ1n) is 8.09. The summed E-state index contributed by atoms with van der Waals surface area (Å²) in [5.74, 6) is 0. The van der Waals surface area contributed by atoms with Crippen LogP contribution in [0.15, 0.2) is 24.3 Å². The van der Waals surface area contributed by atoms with Crippen molar-refractivity contribution in [1.82, 2.24) is 9.80 Å². The molecule has 0 unspecified atom stereocenters. The monoisotopic (exact) mass is 330 g/mol. The zero-order valence-electron chi connectivity index (χ0n) is 13.5. The molecule has 130 valence electrons. The van der Waals surface area contributed by atoms with E-state index in [2.05, 4.69) is 9.80 Å². The summed E-state index contributed by atoms with van der Waals surface area (Å²) in [6.45, 7) is 3.64. The third-order valence-electron chi connectivity index (χ3n) is 4.50. The molecule has 1 aromatic rings. The van der Waals surface area contributed by atoms with Crippen molar-refractivity contribution >= 4 is 0 Å². The maximum absolute atomic E-state index is 12.8. The quantitative estimate of drug-likeness (QED) is 0.869. The number of hydrogen-bond acceptors (Lipinski definition) is 3. The summed E-state index contributed by atoms with van der Waals surface area (Å²) >= 11 is 0. The van der Waals surface area contributed by atoms with Gasteiger partial charge in [-0.05, 0) is 51.0 Å². The fourth-order valence-corrected chi connectivity index (χ4v) is 3.14. The topological polar surface area (TPSA) is 26.7 Å². The summed E-state index contributed by atoms with van der Waals surface area (Å²) in [6.07, 6.45) is -1.46. The van der Waals surface area contributed by atoms with E-state index < -0.39 is 11.7 Å². The Kier molecular flexibility index (Phi) is 6.44. The Morgan fingerprint density at radius 1 is 1.26 bits per heavy atom. The molecule has 0 amide bonds. The van der Waals surface area contributed by atoms with Crippen molar-refractivity contribution in [3.63, 3.8) is 0 Å². The Morgan fingerprint density at radius 3 is 2.57 bits per heavy atom. The zero-order chi connectivity index (χ0) is 16.9. The molecule has 6 heteroatoms. The number of nitrogens with zero attached hydrogens (tertiary/aromatic N) is 2. The molecule has 0 radical (unpaired) electrons. The van der Waals surface area contributed by atoms with Gasteiger partial charge in [-0.1, -0.05) is 18.2 Å². The van der Waals surface area contributed by atoms with Gasteiger partial charge in [-0.15, -0.1) is 0 Å². The van der Waals surface area contributed by atoms with Crippen LogP contribution in [0.5, 0.6) is 0 Å². The molecule has 1 N–H and O–H groups in total. The molecule has 2 rings (SSSR count). The van der Waals surface area contributed by atoms with Crippen LogP contribution in [0.4, 0.5) is 13.2 Å². The van der Waals surface area contributed by atoms with E-state index in [1.807, 2.05) is 7.05 Å². The van der Waals surface area contributed by atoms with Crippen molar-refractivity contribution in [2.75, 3.05) is 33.3 Å². The maximum atomic E-state index is 12.8. The van der Waals surface area contributed by atoms with E-state index in [9.17, 15) is 13.2 Å². The van der Waals surface area contributed by atoms with Crippen LogP contribution in [0.1, 0.15) is 30.4 Å². The van der Waals surface area contributed by atoms with Crippen LogP contribution in [0.25, 0.3) is 0 Å². The van der Waals surface area contributed by atoms with Gasteiger partial charge in [-0.2, -0.15) is 13.2 Å². The van der Waals surface area contributed by atoms with Gasteiger partial charge < -0.3 is 10.0 Å². The number of rotatable bonds is 6. The highest BCUT2D eigenvalue weighted by atomic mass is 19.4. The van der Waals surface area contributed by atoms with Crippen molar-refractivity contribution in [3.05, 3.63) is 35.4 Å². The lowest BCUT2D eigenvalue weighted by molar-refractivity contribution is -0.137. The van der Waals surface area contributed by atoms with Gasteiger partial charge in [-0.25, -0.2) is 0 Å². The molecule has 1 aliphatic rings. The van der Waals surface area contributed by atoms with Crippen molar-refractivity contribution in [1.29, 1.82) is 0 Å². The molecule has 0 spiro atoms. The summed E-state index contributed by atoms with van der Waals surface area (Å²) in [6, 6.07) is 5.98. The lowest BCUT2D eigenvalue weighted by Gasteiger charge is -2.36. The Labute approximate surface area is 135 Å². The SMILES string of the molecule is CN(Cc1cccc(C(F)(F)F)c1)C1CCN(CCCO)CC1. The maximum Gasteiger partial charge on any atom is 0.416 e. The largest absolute Gasteiger partial charge is 0.416 e. The van der Waals surface area contributed by atoms with Gasteiger partial charge in [0, 0.05) is 25.7 Å². The third-order valence-corrected chi connectivity index (χ3v) is 4.50. The standard InChI is InChI=1S/C17H25F3N2O/c1-21(16-6-9-22(10-7-16)8-3-11-23)13-14-4-2-5-15(12-14)17(18,19)20/h2,4-5,12,16,23H,3,6-11,13H2,1H3. The van der Waals surface area contributed by atoms with Crippen molar-refractivity contribution < 1.29 is 18.3 Å². The molecule has 1 aliphatic heterocycles. The van der Waals surface area contributed by atoms with E-state index in [4.69, 9.17) is 5.11 Å². The van der Waals surface area contributed by atoms with Crippen LogP contribution < -0.4 is 0 Å². The Morgan fingerprint density at radius 2 is 1.96 bits per heavy atom. The van der Waals surface area contributed by atoms with Gasteiger partial charge in [0.25, 0.3) is 0 Å². The predicted molar refractivity (Wildman–Crippen MR) is 84.1 cm³/mol. The number of alkyl halides is 3. The van der Waals surface area contributed by atoms with Gasteiger partial charge in [0.15, 0.2) is 0 Å². The average molecular weight is 330 g/mol. The highest BCUT2D eigenvalue weighted by Crippen LogP contribution is 2.30. The molecule has 0 bridgehead atoms. The van der Waals surface area contributed by atoms with E-state index in [1.165, 1.54) is 12.1 Å². The molecule has 0 saturated carbocycles. The lowest BCUT2D eigenvalue weighted by Crippen LogP contribution is -2.43. The first-order valence-corrected chi connectivity index (χ1v) is 8.09. The zero-order valence-corrected chi connectivity index (χ0v) is 13.5. The van der Waals surface area contributed by atoms with Gasteiger partial charge in [0.05, 0.1) is 5.56 Å². The number of aliphatic hydroxyl groups excluding tert-OH is 1. The van der Waals surface area contributed by atoms with Crippen LogP contribution in [-0.4, -0.2) is 54.2 Å². The summed E-state index contributed by atoms with van der Waals surface area (Å²) in [5, 5.41) is 8.87. The first-order chi connectivity index (χ1) is 10.9. The molecule has 0 atom stereocenters. The number of benzene rings is 1. The normalized spacial score (nSPS) is 17.8. The average Bonchev–Trinajstić information content (AvgIpc) is 2.53. The second-order valence-corrected chi connectivity index (χ2v) is 6.26. The van der Waals surface area contributed by atoms with Crippen LogP contribution in [0.3, 0.4) is 0 Å². The minimum atomic E-state index is -4.29. The van der Waals surface area contributed by atoms with Crippen LogP contribution >= 0.6 is 0 Å². The predicted octanol–water partition coefficient (Wildman–Crippen LogP) is 2.98. The van der Waals surface area contributed by atoms with Crippen LogP contribution in [0, 0.1) is 0 Å². The number of halogens is 3. The number of aliphatic hydroxyl groups is 1. The van der Waals surface area contributed by atoms with Crippen molar-refractivity contribution in [2.24, 2.45) is 0 Å². The summed E-state index contributed by atoms with van der Waals surface area (Å²) in [7, 11) is 1.98. The molecule has 0 aliphatic carbocycles. The minimum Gasteiger partial charge on any atom is -0.396 e. The number of hydrogen-bond donors (Lipinski definition) is 1. The van der Waals surface area contributed by atoms with Gasteiger partial charge in [0.1, 0.15) is 0 Å². The Balaban J connectivity index is 1.87. The van der Waals surface area contributed by atoms with Gasteiger partial charge >= 0.3 is 6.18 Å². The molecule has 3 nitrogen and oxygen atoms in total. The molecular formula is C17H25F3N2O. The summed E-state index contributed by atoms with van der Waals surface area (Å²) in [5.41, 5.74) is 0.118. The van der Waals surface area contributed by atoms with Gasteiger partial charge in [-0.3, -0.25) is 4.90 Å². The third kappa shape index (κ3) is 5.48. The number of likely N-dealkylation sites (tertiary alicyclic amines) is 1. The second-order valence-electron chi connectivity index (χ2n) is 6.26. The fraction of sp³-hybridized carbons (Fsp3) is 0.647. The van der Waals surface area contributed by atoms with Crippen molar-refractivity contribution in [2.45, 2.75) is 38.0 Å². The summed E-state index contributed by atoms with van der Waals surface area (Å²) in [4.78, 5) is 4.49. The van der Waals surface area contributed by atoms with E-state index in [1.54, 1.807) is 6.07 Å². The minimum absolute atomic E-state index is 0.218. The lowest BCUT2D eigenvalue weighted by atomic mass is 10.0. The van der Waals surface area contributed by atoms with E-state index >= 15 is 0 Å². The highest BCUT2D eigenvalue weighted by Gasteiger charge is 2.30. The van der Waals surface area contributed by atoms with E-state index in [0.717, 1.165) is 45.0 Å². The second kappa shape index (κ2) is 8.13. The fourth-order valence-electron chi connectivity index (χ4n) is 3.14. The summed E-state index contributed by atoms with van der Waals surface area (Å²) < 4.78 is 38.3. The molecular weight excluding hydrogens is 305 g/mol. The van der Waals surface area contributed by atoms with Crippen LogP contribution in [-0.2, 0) is 12.7 Å². The molecule has 0 aromatic heterocycles. The van der Waals surface area contributed by atoms with Gasteiger partial charge in [0.2, 0.25) is 0 Å². The Hall–Kier alpha value is -1.11. The number of piperidine rings is 1. The molecule has 1 saturated heterocycles. The Bertz CT molecular complexity index is 485. The van der Waals surface area contributed by atoms with E-state index in [0.29, 0.717) is 18.2 Å². The van der Waals surface area contributed by atoms with Crippen molar-refractivity contribution in [3.8, 4) is 0 Å².